The van der Waals surface area contributed by atoms with Crippen LogP contribution in [0.4, 0.5) is 4.39 Å². The van der Waals surface area contributed by atoms with Crippen molar-refractivity contribution in [2.75, 3.05) is 0 Å². The second-order valence-corrected chi connectivity index (χ2v) is 4.43. The molecule has 0 saturated carbocycles. The first-order valence-corrected chi connectivity index (χ1v) is 5.92. The van der Waals surface area contributed by atoms with Crippen molar-refractivity contribution in [1.29, 1.82) is 0 Å². The van der Waals surface area contributed by atoms with Crippen molar-refractivity contribution < 1.29 is 19.1 Å². The van der Waals surface area contributed by atoms with Gasteiger partial charge in [0.15, 0.2) is 11.5 Å². The van der Waals surface area contributed by atoms with Gasteiger partial charge in [-0.05, 0) is 49.7 Å². The second kappa shape index (κ2) is 5.21. The van der Waals surface area contributed by atoms with Crippen molar-refractivity contribution in [3.8, 4) is 0 Å². The fourth-order valence-electron chi connectivity index (χ4n) is 1.80. The molecule has 5 heteroatoms. The number of hydrogen-bond donors (Lipinski definition) is 1. The van der Waals surface area contributed by atoms with Gasteiger partial charge in [-0.25, -0.2) is 14.2 Å². The largest absolute Gasteiger partial charge is 0.476 e. The summed E-state index contributed by atoms with van der Waals surface area (Å²) < 4.78 is 12.9. The highest BCUT2D eigenvalue weighted by Gasteiger charge is 2.20. The monoisotopic (exact) mass is 273 g/mol. The molecule has 0 unspecified atom stereocenters. The summed E-state index contributed by atoms with van der Waals surface area (Å²) in [4.78, 5) is 27.5. The molecule has 0 radical (unpaired) electrons. The van der Waals surface area contributed by atoms with Crippen LogP contribution in [-0.4, -0.2) is 21.8 Å². The number of carbonyl (C=O) groups excluding carboxylic acids is 1. The van der Waals surface area contributed by atoms with Gasteiger partial charge in [0.2, 0.25) is 0 Å². The SMILES string of the molecule is Cc1cc(C(=O)c2ccc(F)cc2)c(C(=O)O)nc1C. The first-order chi connectivity index (χ1) is 9.40. The lowest BCUT2D eigenvalue weighted by molar-refractivity contribution is 0.0686. The van der Waals surface area contributed by atoms with E-state index < -0.39 is 17.6 Å². The van der Waals surface area contributed by atoms with Gasteiger partial charge in [-0.1, -0.05) is 0 Å². The van der Waals surface area contributed by atoms with Crippen molar-refractivity contribution in [2.24, 2.45) is 0 Å². The Morgan fingerprint density at radius 1 is 1.15 bits per heavy atom. The predicted molar refractivity (Wildman–Crippen MR) is 70.5 cm³/mol. The summed E-state index contributed by atoms with van der Waals surface area (Å²) in [5.74, 6) is -2.21. The molecule has 4 nitrogen and oxygen atoms in total. The van der Waals surface area contributed by atoms with Gasteiger partial charge in [0.05, 0.1) is 5.56 Å². The van der Waals surface area contributed by atoms with E-state index in [1.165, 1.54) is 18.2 Å². The van der Waals surface area contributed by atoms with Crippen LogP contribution in [0, 0.1) is 19.7 Å². The maximum Gasteiger partial charge on any atom is 0.355 e. The number of carboxylic acids is 1. The number of ketones is 1. The zero-order valence-corrected chi connectivity index (χ0v) is 11.0. The second-order valence-electron chi connectivity index (χ2n) is 4.43. The third-order valence-corrected chi connectivity index (χ3v) is 3.02. The molecule has 1 N–H and O–H groups in total. The number of pyridine rings is 1. The molecule has 1 aromatic carbocycles. The Labute approximate surface area is 114 Å². The predicted octanol–water partition coefficient (Wildman–Crippen LogP) is 2.77. The van der Waals surface area contributed by atoms with Crippen molar-refractivity contribution in [1.82, 2.24) is 4.98 Å². The van der Waals surface area contributed by atoms with Crippen LogP contribution in [0.1, 0.15) is 37.7 Å². The van der Waals surface area contributed by atoms with E-state index in [1.807, 2.05) is 0 Å². The Hall–Kier alpha value is -2.56. The molecule has 0 spiro atoms. The molecule has 20 heavy (non-hydrogen) atoms. The highest BCUT2D eigenvalue weighted by atomic mass is 19.1. The lowest BCUT2D eigenvalue weighted by Gasteiger charge is -2.08. The van der Waals surface area contributed by atoms with Crippen molar-refractivity contribution >= 4 is 11.8 Å². The van der Waals surface area contributed by atoms with Crippen LogP contribution in [0.2, 0.25) is 0 Å². The maximum atomic E-state index is 12.9. The van der Waals surface area contributed by atoms with Gasteiger partial charge in [0.1, 0.15) is 5.82 Å². The minimum atomic E-state index is -1.27. The molecule has 0 aliphatic rings. The molecule has 0 aliphatic carbocycles. The standard InChI is InChI=1S/C15H12FNO3/c1-8-7-12(13(15(19)20)17-9(8)2)14(18)10-3-5-11(16)6-4-10/h3-7H,1-2H3,(H,19,20). The molecule has 102 valence electrons. The van der Waals surface area contributed by atoms with Crippen LogP contribution in [0.15, 0.2) is 30.3 Å². The molecular weight excluding hydrogens is 261 g/mol. The topological polar surface area (TPSA) is 67.3 Å². The van der Waals surface area contributed by atoms with E-state index in [0.717, 1.165) is 17.7 Å². The molecule has 0 bridgehead atoms. The van der Waals surface area contributed by atoms with Gasteiger partial charge in [0, 0.05) is 11.3 Å². The molecule has 0 saturated heterocycles. The number of benzene rings is 1. The fourth-order valence-corrected chi connectivity index (χ4v) is 1.80. The number of carboxylic acid groups (broad SMARTS) is 1. The summed E-state index contributed by atoms with van der Waals surface area (Å²) in [5, 5.41) is 9.15. The Bertz CT molecular complexity index is 693. The van der Waals surface area contributed by atoms with Gasteiger partial charge in [-0.2, -0.15) is 0 Å². The quantitative estimate of drug-likeness (QED) is 0.873. The van der Waals surface area contributed by atoms with Gasteiger partial charge < -0.3 is 5.11 Å². The number of nitrogens with zero attached hydrogens (tertiary/aromatic N) is 1. The normalized spacial score (nSPS) is 10.3. The first-order valence-electron chi connectivity index (χ1n) is 5.92. The van der Waals surface area contributed by atoms with Crippen LogP contribution in [0.25, 0.3) is 0 Å². The highest BCUT2D eigenvalue weighted by molar-refractivity contribution is 6.13. The number of aryl methyl sites for hydroxylation is 2. The zero-order chi connectivity index (χ0) is 14.9. The van der Waals surface area contributed by atoms with Crippen molar-refractivity contribution in [3.63, 3.8) is 0 Å². The molecule has 1 aromatic heterocycles. The van der Waals surface area contributed by atoms with Gasteiger partial charge in [0.25, 0.3) is 0 Å². The van der Waals surface area contributed by atoms with Crippen LogP contribution in [-0.2, 0) is 0 Å². The average molecular weight is 273 g/mol. The smallest absolute Gasteiger partial charge is 0.355 e. The summed E-state index contributed by atoms with van der Waals surface area (Å²) in [6, 6.07) is 6.44. The van der Waals surface area contributed by atoms with Crippen LogP contribution >= 0.6 is 0 Å². The molecule has 0 amide bonds. The lowest BCUT2D eigenvalue weighted by atomic mass is 9.99. The van der Waals surface area contributed by atoms with Crippen molar-refractivity contribution in [3.05, 3.63) is 64.2 Å². The maximum absolute atomic E-state index is 12.9. The molecule has 0 aliphatic heterocycles. The van der Waals surface area contributed by atoms with Gasteiger partial charge in [-0.3, -0.25) is 4.79 Å². The van der Waals surface area contributed by atoms with E-state index in [-0.39, 0.29) is 16.8 Å². The Morgan fingerprint density at radius 3 is 2.30 bits per heavy atom. The van der Waals surface area contributed by atoms with E-state index in [1.54, 1.807) is 13.8 Å². The third-order valence-electron chi connectivity index (χ3n) is 3.02. The van der Waals surface area contributed by atoms with E-state index in [2.05, 4.69) is 4.98 Å². The first kappa shape index (κ1) is 13.9. The van der Waals surface area contributed by atoms with E-state index in [4.69, 9.17) is 5.11 Å². The Morgan fingerprint density at radius 2 is 1.75 bits per heavy atom. The van der Waals surface area contributed by atoms with Gasteiger partial charge >= 0.3 is 5.97 Å². The van der Waals surface area contributed by atoms with Crippen LogP contribution in [0.3, 0.4) is 0 Å². The van der Waals surface area contributed by atoms with E-state index >= 15 is 0 Å². The highest BCUT2D eigenvalue weighted by Crippen LogP contribution is 2.17. The molecule has 2 rings (SSSR count). The summed E-state index contributed by atoms with van der Waals surface area (Å²) in [5.41, 5.74) is 1.21. The summed E-state index contributed by atoms with van der Waals surface area (Å²) >= 11 is 0. The summed E-state index contributed by atoms with van der Waals surface area (Å²) in [6.45, 7) is 3.42. The molecular formula is C15H12FNO3. The van der Waals surface area contributed by atoms with E-state index in [0.29, 0.717) is 5.69 Å². The number of aromatic carboxylic acids is 1. The Kier molecular flexibility index (Phi) is 3.61. The third kappa shape index (κ3) is 2.56. The minimum Gasteiger partial charge on any atom is -0.476 e. The van der Waals surface area contributed by atoms with E-state index in [9.17, 15) is 14.0 Å². The number of hydrogen-bond acceptors (Lipinski definition) is 3. The van der Waals surface area contributed by atoms with Crippen molar-refractivity contribution in [2.45, 2.75) is 13.8 Å². The number of rotatable bonds is 3. The van der Waals surface area contributed by atoms with Crippen LogP contribution < -0.4 is 0 Å². The fraction of sp³-hybridized carbons (Fsp3) is 0.133. The molecule has 0 atom stereocenters. The number of aromatic nitrogens is 1. The lowest BCUT2D eigenvalue weighted by Crippen LogP contribution is -2.13. The summed E-state index contributed by atoms with van der Waals surface area (Å²) in [7, 11) is 0. The number of halogens is 1. The summed E-state index contributed by atoms with van der Waals surface area (Å²) in [6.07, 6.45) is 0. The molecule has 0 fully saturated rings. The molecule has 1 heterocycles. The zero-order valence-electron chi connectivity index (χ0n) is 11.0. The average Bonchev–Trinajstić information content (AvgIpc) is 2.41. The van der Waals surface area contributed by atoms with Crippen LogP contribution in [0.5, 0.6) is 0 Å². The molecule has 2 aromatic rings. The Balaban J connectivity index is 2.56. The number of carbonyl (C=O) groups is 2. The minimum absolute atomic E-state index is 0.00667. The van der Waals surface area contributed by atoms with Gasteiger partial charge in [-0.15, -0.1) is 0 Å².